The van der Waals surface area contributed by atoms with Crippen molar-refractivity contribution < 1.29 is 37.1 Å². The lowest BCUT2D eigenvalue weighted by atomic mass is 9.67. The molecule has 1 aliphatic heterocycles. The highest BCUT2D eigenvalue weighted by Crippen LogP contribution is 2.52. The molecule has 11 heteroatoms. The topological polar surface area (TPSA) is 77.9 Å². The third kappa shape index (κ3) is 5.21. The van der Waals surface area contributed by atoms with E-state index in [1.54, 1.807) is 16.7 Å². The van der Waals surface area contributed by atoms with E-state index in [1.807, 2.05) is 0 Å². The van der Waals surface area contributed by atoms with Crippen LogP contribution in [0.25, 0.3) is 0 Å². The maximum absolute atomic E-state index is 14.4. The SMILES string of the molecule is CCN(C(=O)CCC(=O)O)C1c2cc(F)ccc2N(C(=O)c2ccc(SC(F)(F)F)cc2)[C@H]2CC[C@H]12. The Bertz CT molecular complexity index is 1170. The largest absolute Gasteiger partial charge is 0.481 e. The number of carboxylic acids is 1. The number of carbonyl (C=O) groups excluding carboxylic acids is 2. The lowest BCUT2D eigenvalue weighted by Gasteiger charge is -2.55. The summed E-state index contributed by atoms with van der Waals surface area (Å²) < 4.78 is 52.4. The fourth-order valence-corrected chi connectivity index (χ4v) is 5.61. The van der Waals surface area contributed by atoms with Gasteiger partial charge in [0.2, 0.25) is 5.91 Å². The average molecular weight is 525 g/mol. The minimum Gasteiger partial charge on any atom is -0.481 e. The molecular formula is C25H24F4N2O4S. The second-order valence-corrected chi connectivity index (χ2v) is 9.92. The van der Waals surface area contributed by atoms with Crippen molar-refractivity contribution in [3.63, 3.8) is 0 Å². The van der Waals surface area contributed by atoms with Crippen molar-refractivity contribution in [1.29, 1.82) is 0 Å². The highest BCUT2D eigenvalue weighted by molar-refractivity contribution is 8.00. The Labute approximate surface area is 209 Å². The molecule has 3 atom stereocenters. The van der Waals surface area contributed by atoms with Crippen LogP contribution in [0.1, 0.15) is 54.6 Å². The van der Waals surface area contributed by atoms with E-state index in [9.17, 15) is 31.9 Å². The maximum Gasteiger partial charge on any atom is 0.446 e. The lowest BCUT2D eigenvalue weighted by Crippen LogP contribution is -2.58. The van der Waals surface area contributed by atoms with Crippen molar-refractivity contribution in [2.45, 2.75) is 55.1 Å². The quantitative estimate of drug-likeness (QED) is 0.375. The molecule has 1 unspecified atom stereocenters. The molecule has 0 spiro atoms. The van der Waals surface area contributed by atoms with Gasteiger partial charge in [-0.05, 0) is 74.0 Å². The van der Waals surface area contributed by atoms with Gasteiger partial charge in [-0.1, -0.05) is 0 Å². The van der Waals surface area contributed by atoms with Gasteiger partial charge in [0.1, 0.15) is 5.82 Å². The van der Waals surface area contributed by atoms with Gasteiger partial charge in [-0.25, -0.2) is 4.39 Å². The minimum atomic E-state index is -4.44. The molecule has 192 valence electrons. The highest BCUT2D eigenvalue weighted by Gasteiger charge is 2.51. The summed E-state index contributed by atoms with van der Waals surface area (Å²) >= 11 is -0.267. The van der Waals surface area contributed by atoms with Gasteiger partial charge in [0, 0.05) is 46.6 Å². The molecule has 1 N–H and O–H groups in total. The monoisotopic (exact) mass is 524 g/mol. The predicted octanol–water partition coefficient (Wildman–Crippen LogP) is 5.63. The summed E-state index contributed by atoms with van der Waals surface area (Å²) in [5, 5.41) is 8.98. The summed E-state index contributed by atoms with van der Waals surface area (Å²) in [7, 11) is 0. The Kier molecular flexibility index (Phi) is 7.31. The number of anilines is 1. The molecule has 6 nitrogen and oxygen atoms in total. The number of carbonyl (C=O) groups is 3. The summed E-state index contributed by atoms with van der Waals surface area (Å²) in [6, 6.07) is 8.35. The second-order valence-electron chi connectivity index (χ2n) is 8.78. The van der Waals surface area contributed by atoms with E-state index < -0.39 is 29.2 Å². The minimum absolute atomic E-state index is 0.0415. The third-order valence-corrected chi connectivity index (χ3v) is 7.44. The molecule has 36 heavy (non-hydrogen) atoms. The number of aliphatic carboxylic acids is 1. The molecule has 4 rings (SSSR count). The Hall–Kier alpha value is -3.08. The molecule has 1 saturated carbocycles. The van der Waals surface area contributed by atoms with Gasteiger partial charge in [0.15, 0.2) is 0 Å². The van der Waals surface area contributed by atoms with E-state index in [0.29, 0.717) is 24.1 Å². The normalized spacial score (nSPS) is 20.7. The number of alkyl halides is 3. The van der Waals surface area contributed by atoms with E-state index in [-0.39, 0.29) is 59.5 Å². The maximum atomic E-state index is 14.4. The number of hydrogen-bond acceptors (Lipinski definition) is 4. The number of benzene rings is 2. The molecule has 0 bridgehead atoms. The second kappa shape index (κ2) is 10.1. The standard InChI is InChI=1S/C25H24F4N2O4S/c1-2-30(21(32)11-12-22(33)34)23-17-8-10-19(17)31(20-9-5-15(26)13-18(20)23)24(35)14-3-6-16(7-4-14)36-25(27,28)29/h3-7,9,13,17,19,23H,2,8,10-12H2,1H3,(H,33,34)/t17-,19-,23?/m0/s1. The number of halogens is 4. The van der Waals surface area contributed by atoms with Crippen LogP contribution in [0.5, 0.6) is 0 Å². The lowest BCUT2D eigenvalue weighted by molar-refractivity contribution is -0.142. The average Bonchev–Trinajstić information content (AvgIpc) is 2.78. The molecule has 2 aliphatic rings. The van der Waals surface area contributed by atoms with Crippen molar-refractivity contribution in [3.8, 4) is 0 Å². The van der Waals surface area contributed by atoms with Crippen LogP contribution in [0.3, 0.4) is 0 Å². The number of fused-ring (bicyclic) bond motifs is 2. The van der Waals surface area contributed by atoms with E-state index >= 15 is 0 Å². The summed E-state index contributed by atoms with van der Waals surface area (Å²) in [4.78, 5) is 40.5. The molecule has 2 aromatic carbocycles. The number of rotatable bonds is 7. The molecular weight excluding hydrogens is 500 g/mol. The van der Waals surface area contributed by atoms with E-state index in [0.717, 1.165) is 0 Å². The van der Waals surface area contributed by atoms with Gasteiger partial charge in [-0.3, -0.25) is 14.4 Å². The number of hydrogen-bond donors (Lipinski definition) is 1. The summed E-state index contributed by atoms with van der Waals surface area (Å²) in [5.74, 6) is -2.58. The van der Waals surface area contributed by atoms with Crippen LogP contribution < -0.4 is 4.90 Å². The van der Waals surface area contributed by atoms with Crippen LogP contribution in [0, 0.1) is 11.7 Å². The van der Waals surface area contributed by atoms with Crippen LogP contribution in [0.15, 0.2) is 47.4 Å². The number of carboxylic acid groups (broad SMARTS) is 1. The Morgan fingerprint density at radius 1 is 1.08 bits per heavy atom. The fraction of sp³-hybridized carbons (Fsp3) is 0.400. The van der Waals surface area contributed by atoms with Crippen molar-refractivity contribution in [3.05, 3.63) is 59.4 Å². The van der Waals surface area contributed by atoms with Crippen molar-refractivity contribution in [1.82, 2.24) is 4.90 Å². The molecule has 1 fully saturated rings. The zero-order chi connectivity index (χ0) is 26.2. The van der Waals surface area contributed by atoms with Gasteiger partial charge < -0.3 is 14.9 Å². The van der Waals surface area contributed by atoms with Gasteiger partial charge >= 0.3 is 11.5 Å². The number of amides is 2. The first-order valence-electron chi connectivity index (χ1n) is 11.5. The molecule has 2 amide bonds. The van der Waals surface area contributed by atoms with Crippen molar-refractivity contribution in [2.75, 3.05) is 11.4 Å². The first kappa shape index (κ1) is 26.0. The van der Waals surface area contributed by atoms with Crippen LogP contribution in [0.2, 0.25) is 0 Å². The first-order valence-corrected chi connectivity index (χ1v) is 12.3. The van der Waals surface area contributed by atoms with Crippen LogP contribution in [-0.4, -0.2) is 45.9 Å². The van der Waals surface area contributed by atoms with Gasteiger partial charge in [0.05, 0.1) is 12.5 Å². The molecule has 1 aliphatic carbocycles. The summed E-state index contributed by atoms with van der Waals surface area (Å²) in [5.41, 5.74) is -3.35. The predicted molar refractivity (Wildman–Crippen MR) is 125 cm³/mol. The van der Waals surface area contributed by atoms with Gasteiger partial charge in [0.25, 0.3) is 5.91 Å². The molecule has 0 radical (unpaired) electrons. The van der Waals surface area contributed by atoms with Gasteiger partial charge in [-0.2, -0.15) is 13.2 Å². The van der Waals surface area contributed by atoms with Crippen LogP contribution >= 0.6 is 11.8 Å². The highest BCUT2D eigenvalue weighted by atomic mass is 32.2. The van der Waals surface area contributed by atoms with Crippen LogP contribution in [-0.2, 0) is 9.59 Å². The van der Waals surface area contributed by atoms with Gasteiger partial charge in [-0.15, -0.1) is 0 Å². The van der Waals surface area contributed by atoms with E-state index in [2.05, 4.69) is 0 Å². The van der Waals surface area contributed by atoms with E-state index in [1.165, 1.54) is 42.5 Å². The Morgan fingerprint density at radius 2 is 1.78 bits per heavy atom. The zero-order valence-electron chi connectivity index (χ0n) is 19.3. The number of nitrogens with zero attached hydrogens (tertiary/aromatic N) is 2. The molecule has 2 aromatic rings. The fourth-order valence-electron chi connectivity index (χ4n) is 5.07. The number of thioether (sulfide) groups is 1. The van der Waals surface area contributed by atoms with E-state index in [4.69, 9.17) is 5.11 Å². The van der Waals surface area contributed by atoms with Crippen molar-refractivity contribution in [2.24, 2.45) is 5.92 Å². The molecule has 1 heterocycles. The molecule has 0 aromatic heterocycles. The third-order valence-electron chi connectivity index (χ3n) is 6.70. The summed E-state index contributed by atoms with van der Waals surface area (Å²) in [6.07, 6.45) is 0.817. The van der Waals surface area contributed by atoms with Crippen molar-refractivity contribution >= 4 is 35.2 Å². The zero-order valence-corrected chi connectivity index (χ0v) is 20.1. The summed E-state index contributed by atoms with van der Waals surface area (Å²) in [6.45, 7) is 2.05. The first-order chi connectivity index (χ1) is 17.0. The Morgan fingerprint density at radius 3 is 2.33 bits per heavy atom. The molecule has 0 saturated heterocycles. The van der Waals surface area contributed by atoms with Crippen LogP contribution in [0.4, 0.5) is 23.2 Å². The smallest absolute Gasteiger partial charge is 0.446 e. The Balaban J connectivity index is 1.68.